The second-order valence-corrected chi connectivity index (χ2v) is 5.64. The highest BCUT2D eigenvalue weighted by atomic mass is 32.2. The Morgan fingerprint density at radius 2 is 1.86 bits per heavy atom. The highest BCUT2D eigenvalue weighted by Gasteiger charge is 2.34. The van der Waals surface area contributed by atoms with Crippen LogP contribution in [0.25, 0.3) is 0 Å². The zero-order valence-corrected chi connectivity index (χ0v) is 12.3. The van der Waals surface area contributed by atoms with Gasteiger partial charge < -0.3 is 0 Å². The molecular weight excluding hydrogens is 288 g/mol. The van der Waals surface area contributed by atoms with Crippen LogP contribution in [0.3, 0.4) is 0 Å². The number of nitrogens with one attached hydrogen (secondary N) is 1. The quantitative estimate of drug-likeness (QED) is 0.672. The van der Waals surface area contributed by atoms with Crippen LogP contribution in [0.2, 0.25) is 0 Å². The first-order chi connectivity index (χ1) is 10.2. The van der Waals surface area contributed by atoms with Crippen LogP contribution in [0.1, 0.15) is 33.5 Å². The van der Waals surface area contributed by atoms with E-state index in [1.54, 1.807) is 24.3 Å². The second kappa shape index (κ2) is 5.69. The molecule has 0 unspecified atom stereocenters. The van der Waals surface area contributed by atoms with Crippen LogP contribution in [0.4, 0.5) is 0 Å². The van der Waals surface area contributed by atoms with Gasteiger partial charge in [0.1, 0.15) is 5.82 Å². The number of aryl methyl sites for hydroxylation is 1. The number of benzene rings is 1. The largest absolute Gasteiger partial charge is 0.273 e. The Balaban J connectivity index is 1.62. The number of imide groups is 1. The molecule has 0 radical (unpaired) electrons. The maximum Gasteiger partial charge on any atom is 0.261 e. The standard InChI is InChI=1S/C14H14N4O2S/c1-2-11-15-14(17-16-11)21-8-7-18-12(19)9-5-3-4-6-10(9)13(18)20/h3-6H,2,7-8H2,1H3,(H,15,16,17). The van der Waals surface area contributed by atoms with E-state index in [0.717, 1.165) is 12.2 Å². The Labute approximate surface area is 125 Å². The zero-order chi connectivity index (χ0) is 14.8. The molecule has 21 heavy (non-hydrogen) atoms. The summed E-state index contributed by atoms with van der Waals surface area (Å²) < 4.78 is 0. The summed E-state index contributed by atoms with van der Waals surface area (Å²) in [5, 5.41) is 7.55. The van der Waals surface area contributed by atoms with E-state index in [1.165, 1.54) is 16.7 Å². The van der Waals surface area contributed by atoms with Gasteiger partial charge in [-0.05, 0) is 12.1 Å². The molecule has 108 valence electrons. The third-order valence-corrected chi connectivity index (χ3v) is 4.10. The van der Waals surface area contributed by atoms with Crippen molar-refractivity contribution in [1.82, 2.24) is 20.1 Å². The number of aromatic nitrogens is 3. The van der Waals surface area contributed by atoms with Crippen LogP contribution in [-0.4, -0.2) is 44.2 Å². The van der Waals surface area contributed by atoms with Crippen molar-refractivity contribution in [3.63, 3.8) is 0 Å². The van der Waals surface area contributed by atoms with E-state index in [4.69, 9.17) is 0 Å². The van der Waals surface area contributed by atoms with Crippen molar-refractivity contribution in [2.45, 2.75) is 18.5 Å². The molecule has 6 nitrogen and oxygen atoms in total. The maximum atomic E-state index is 12.2. The molecule has 1 aromatic carbocycles. The number of aromatic amines is 1. The molecule has 2 aromatic rings. The Kier molecular flexibility index (Phi) is 3.74. The van der Waals surface area contributed by atoms with Crippen molar-refractivity contribution in [3.8, 4) is 0 Å². The monoisotopic (exact) mass is 302 g/mol. The first-order valence-corrected chi connectivity index (χ1v) is 7.68. The molecule has 0 spiro atoms. The average Bonchev–Trinajstić information content (AvgIpc) is 3.06. The van der Waals surface area contributed by atoms with Crippen LogP contribution in [0.15, 0.2) is 29.4 Å². The van der Waals surface area contributed by atoms with Gasteiger partial charge in [0.2, 0.25) is 5.16 Å². The number of carbonyl (C=O) groups is 2. The highest BCUT2D eigenvalue weighted by Crippen LogP contribution is 2.23. The van der Waals surface area contributed by atoms with Crippen LogP contribution in [0.5, 0.6) is 0 Å². The van der Waals surface area contributed by atoms with Gasteiger partial charge in [0, 0.05) is 18.7 Å². The number of amides is 2. The summed E-state index contributed by atoms with van der Waals surface area (Å²) in [5.74, 6) is 0.964. The fraction of sp³-hybridized carbons (Fsp3) is 0.286. The molecule has 0 fully saturated rings. The van der Waals surface area contributed by atoms with Crippen molar-refractivity contribution in [1.29, 1.82) is 0 Å². The highest BCUT2D eigenvalue weighted by molar-refractivity contribution is 7.99. The summed E-state index contributed by atoms with van der Waals surface area (Å²) in [7, 11) is 0. The topological polar surface area (TPSA) is 79.0 Å². The lowest BCUT2D eigenvalue weighted by Crippen LogP contribution is -2.31. The van der Waals surface area contributed by atoms with E-state index in [1.807, 2.05) is 6.92 Å². The Morgan fingerprint density at radius 3 is 2.43 bits per heavy atom. The molecule has 0 atom stereocenters. The molecule has 2 amide bonds. The third kappa shape index (κ3) is 2.56. The van der Waals surface area contributed by atoms with Crippen molar-refractivity contribution in [3.05, 3.63) is 41.2 Å². The van der Waals surface area contributed by atoms with Gasteiger partial charge in [-0.2, -0.15) is 0 Å². The van der Waals surface area contributed by atoms with Gasteiger partial charge in [-0.3, -0.25) is 19.6 Å². The summed E-state index contributed by atoms with van der Waals surface area (Å²) in [6, 6.07) is 6.90. The Hall–Kier alpha value is -2.15. The van der Waals surface area contributed by atoms with Gasteiger partial charge in [0.05, 0.1) is 11.1 Å². The lowest BCUT2D eigenvalue weighted by Gasteiger charge is -2.12. The van der Waals surface area contributed by atoms with E-state index in [0.29, 0.717) is 28.6 Å². The number of carbonyl (C=O) groups excluding carboxylic acids is 2. The van der Waals surface area contributed by atoms with Crippen LogP contribution >= 0.6 is 11.8 Å². The van der Waals surface area contributed by atoms with E-state index in [-0.39, 0.29) is 11.8 Å². The van der Waals surface area contributed by atoms with Crippen LogP contribution in [-0.2, 0) is 6.42 Å². The number of thioether (sulfide) groups is 1. The van der Waals surface area contributed by atoms with Crippen molar-refractivity contribution in [2.75, 3.05) is 12.3 Å². The Bertz CT molecular complexity index is 663. The van der Waals surface area contributed by atoms with Gasteiger partial charge in [-0.1, -0.05) is 30.8 Å². The minimum atomic E-state index is -0.222. The van der Waals surface area contributed by atoms with Gasteiger partial charge in [-0.15, -0.1) is 5.10 Å². The molecule has 1 aliphatic rings. The summed E-state index contributed by atoms with van der Waals surface area (Å²) in [6.45, 7) is 2.35. The smallest absolute Gasteiger partial charge is 0.261 e. The summed E-state index contributed by atoms with van der Waals surface area (Å²) in [6.07, 6.45) is 0.798. The number of nitrogens with zero attached hydrogens (tertiary/aromatic N) is 3. The zero-order valence-electron chi connectivity index (χ0n) is 11.5. The fourth-order valence-corrected chi connectivity index (χ4v) is 2.91. The summed E-state index contributed by atoms with van der Waals surface area (Å²) in [4.78, 5) is 29.9. The lowest BCUT2D eigenvalue weighted by atomic mass is 10.1. The fourth-order valence-electron chi connectivity index (χ4n) is 2.17. The van der Waals surface area contributed by atoms with E-state index >= 15 is 0 Å². The van der Waals surface area contributed by atoms with Crippen molar-refractivity contribution >= 4 is 23.6 Å². The van der Waals surface area contributed by atoms with E-state index in [9.17, 15) is 9.59 Å². The van der Waals surface area contributed by atoms with Crippen LogP contribution in [0, 0.1) is 0 Å². The SMILES string of the molecule is CCc1nc(SCCN2C(=O)c3ccccc3C2=O)n[nH]1. The predicted molar refractivity (Wildman–Crippen MR) is 78.3 cm³/mol. The molecule has 1 aromatic heterocycles. The van der Waals surface area contributed by atoms with E-state index < -0.39 is 0 Å². The van der Waals surface area contributed by atoms with Crippen LogP contribution < -0.4 is 0 Å². The number of hydrogen-bond acceptors (Lipinski definition) is 5. The lowest BCUT2D eigenvalue weighted by molar-refractivity contribution is 0.0664. The first kappa shape index (κ1) is 13.8. The molecular formula is C14H14N4O2S. The minimum absolute atomic E-state index is 0.222. The van der Waals surface area contributed by atoms with Gasteiger partial charge in [0.25, 0.3) is 11.8 Å². The summed E-state index contributed by atoms with van der Waals surface area (Å²) in [5.41, 5.74) is 0.970. The molecule has 0 saturated carbocycles. The number of fused-ring (bicyclic) bond motifs is 1. The number of hydrogen-bond donors (Lipinski definition) is 1. The first-order valence-electron chi connectivity index (χ1n) is 6.70. The predicted octanol–water partition coefficient (Wildman–Crippen LogP) is 1.76. The molecule has 0 bridgehead atoms. The van der Waals surface area contributed by atoms with E-state index in [2.05, 4.69) is 15.2 Å². The molecule has 7 heteroatoms. The molecule has 0 saturated heterocycles. The molecule has 3 rings (SSSR count). The number of H-pyrrole nitrogens is 1. The second-order valence-electron chi connectivity index (χ2n) is 4.57. The van der Waals surface area contributed by atoms with Gasteiger partial charge in [0.15, 0.2) is 0 Å². The number of rotatable bonds is 5. The Morgan fingerprint density at radius 1 is 1.19 bits per heavy atom. The molecule has 1 aliphatic heterocycles. The molecule has 0 aliphatic carbocycles. The summed E-state index contributed by atoms with van der Waals surface area (Å²) >= 11 is 1.43. The van der Waals surface area contributed by atoms with Gasteiger partial charge in [-0.25, -0.2) is 4.98 Å². The molecule has 1 N–H and O–H groups in total. The normalized spacial score (nSPS) is 13.9. The van der Waals surface area contributed by atoms with Gasteiger partial charge >= 0.3 is 0 Å². The minimum Gasteiger partial charge on any atom is -0.273 e. The maximum absolute atomic E-state index is 12.2. The molecule has 2 heterocycles. The van der Waals surface area contributed by atoms with Crippen molar-refractivity contribution in [2.24, 2.45) is 0 Å². The average molecular weight is 302 g/mol. The van der Waals surface area contributed by atoms with Crippen molar-refractivity contribution < 1.29 is 9.59 Å². The third-order valence-electron chi connectivity index (χ3n) is 3.27.